The van der Waals surface area contributed by atoms with Crippen molar-refractivity contribution in [2.75, 3.05) is 13.2 Å². The molecule has 4 rings (SSSR count). The second-order valence-electron chi connectivity index (χ2n) is 9.58. The fourth-order valence-electron chi connectivity index (χ4n) is 5.97. The van der Waals surface area contributed by atoms with Gasteiger partial charge in [-0.3, -0.25) is 4.79 Å². The molecule has 1 saturated heterocycles. The first-order valence-corrected chi connectivity index (χ1v) is 10.8. The lowest BCUT2D eigenvalue weighted by Crippen LogP contribution is -2.47. The number of carbonyl (C=O) groups is 1. The Labute approximate surface area is 168 Å². The van der Waals surface area contributed by atoms with Gasteiger partial charge in [0.15, 0.2) is 5.79 Å². The van der Waals surface area contributed by atoms with Crippen molar-refractivity contribution in [3.05, 3.63) is 35.9 Å². The number of ether oxygens (including phenoxy) is 3. The second kappa shape index (κ2) is 7.55. The maximum absolute atomic E-state index is 12.7. The van der Waals surface area contributed by atoms with Crippen LogP contribution in [0.15, 0.2) is 30.3 Å². The molecule has 2 aliphatic carbocycles. The lowest BCUT2D eigenvalue weighted by Gasteiger charge is -2.43. The van der Waals surface area contributed by atoms with Crippen LogP contribution in [0.2, 0.25) is 0 Å². The maximum Gasteiger partial charge on any atom is 0.163 e. The lowest BCUT2D eigenvalue weighted by molar-refractivity contribution is -0.181. The SMILES string of the molecule is CC(=O)[C@]12CC[C@]3(COC(C)(C)O3)[C@H](C[C@@H]1CCCOCc1ccccc1)C2. The lowest BCUT2D eigenvalue weighted by atomic mass is 9.64. The standard InChI is InChI=1S/C24H34O4/c1-18(25)23-11-12-24(17-27-22(2,3)28-24)21(15-23)14-20(23)10-7-13-26-16-19-8-5-4-6-9-19/h4-6,8-9,20-21H,7,10-17H2,1-3H3/t20-,21+,23+,24-/m0/s1. The molecule has 2 bridgehead atoms. The monoisotopic (exact) mass is 386 g/mol. The third-order valence-corrected chi connectivity index (χ3v) is 7.47. The van der Waals surface area contributed by atoms with Crippen LogP contribution in [0, 0.1) is 17.3 Å². The molecule has 1 aromatic carbocycles. The highest BCUT2D eigenvalue weighted by molar-refractivity contribution is 5.83. The van der Waals surface area contributed by atoms with E-state index in [2.05, 4.69) is 12.1 Å². The van der Waals surface area contributed by atoms with Gasteiger partial charge in [0.1, 0.15) is 5.78 Å². The summed E-state index contributed by atoms with van der Waals surface area (Å²) in [6.45, 7) is 7.90. The Balaban J connectivity index is 1.34. The summed E-state index contributed by atoms with van der Waals surface area (Å²) in [4.78, 5) is 12.7. The highest BCUT2D eigenvalue weighted by Gasteiger charge is 2.63. The van der Waals surface area contributed by atoms with Gasteiger partial charge in [0, 0.05) is 12.0 Å². The highest BCUT2D eigenvalue weighted by atomic mass is 16.8. The molecule has 4 atom stereocenters. The summed E-state index contributed by atoms with van der Waals surface area (Å²) in [7, 11) is 0. The number of Topliss-reactive ketones (excluding diaryl/α,β-unsaturated/α-hetero) is 1. The molecule has 0 aromatic heterocycles. The van der Waals surface area contributed by atoms with Crippen molar-refractivity contribution in [2.24, 2.45) is 17.3 Å². The fourth-order valence-corrected chi connectivity index (χ4v) is 5.97. The van der Waals surface area contributed by atoms with E-state index in [4.69, 9.17) is 14.2 Å². The fraction of sp³-hybridized carbons (Fsp3) is 0.708. The van der Waals surface area contributed by atoms with Gasteiger partial charge >= 0.3 is 0 Å². The Hall–Kier alpha value is -1.23. The average molecular weight is 387 g/mol. The van der Waals surface area contributed by atoms with Gasteiger partial charge in [0.05, 0.1) is 18.8 Å². The van der Waals surface area contributed by atoms with Crippen LogP contribution in [0.1, 0.15) is 64.9 Å². The van der Waals surface area contributed by atoms with Crippen molar-refractivity contribution in [3.63, 3.8) is 0 Å². The Bertz CT molecular complexity index is 700. The van der Waals surface area contributed by atoms with E-state index >= 15 is 0 Å². The van der Waals surface area contributed by atoms with E-state index < -0.39 is 5.79 Å². The minimum Gasteiger partial charge on any atom is -0.377 e. The topological polar surface area (TPSA) is 44.8 Å². The Morgan fingerprint density at radius 3 is 2.68 bits per heavy atom. The molecule has 1 aliphatic heterocycles. The molecule has 1 aromatic rings. The van der Waals surface area contributed by atoms with E-state index in [1.807, 2.05) is 32.0 Å². The Morgan fingerprint density at radius 2 is 2.00 bits per heavy atom. The summed E-state index contributed by atoms with van der Waals surface area (Å²) in [6, 6.07) is 10.3. The molecule has 4 nitrogen and oxygen atoms in total. The van der Waals surface area contributed by atoms with Crippen molar-refractivity contribution < 1.29 is 19.0 Å². The van der Waals surface area contributed by atoms with Crippen LogP contribution in [0.25, 0.3) is 0 Å². The summed E-state index contributed by atoms with van der Waals surface area (Å²) in [6.07, 6.45) is 6.00. The molecule has 0 unspecified atom stereocenters. The van der Waals surface area contributed by atoms with Crippen molar-refractivity contribution in [1.82, 2.24) is 0 Å². The summed E-state index contributed by atoms with van der Waals surface area (Å²) in [5, 5.41) is 0. The second-order valence-corrected chi connectivity index (χ2v) is 9.58. The van der Waals surface area contributed by atoms with Gasteiger partial charge in [-0.1, -0.05) is 30.3 Å². The normalized spacial score (nSPS) is 36.1. The van der Waals surface area contributed by atoms with E-state index in [1.165, 1.54) is 5.56 Å². The third kappa shape index (κ3) is 3.67. The molecular formula is C24H34O4. The molecule has 1 heterocycles. The van der Waals surface area contributed by atoms with E-state index in [-0.39, 0.29) is 11.0 Å². The first-order valence-electron chi connectivity index (χ1n) is 10.8. The van der Waals surface area contributed by atoms with E-state index in [0.29, 0.717) is 30.8 Å². The van der Waals surface area contributed by atoms with Crippen molar-refractivity contribution >= 4 is 5.78 Å². The quantitative estimate of drug-likeness (QED) is 0.625. The van der Waals surface area contributed by atoms with E-state index in [9.17, 15) is 4.79 Å². The van der Waals surface area contributed by atoms with Crippen LogP contribution in [-0.4, -0.2) is 30.4 Å². The Morgan fingerprint density at radius 1 is 1.21 bits per heavy atom. The van der Waals surface area contributed by atoms with Gasteiger partial charge in [0.25, 0.3) is 0 Å². The minimum absolute atomic E-state index is 0.147. The number of carbonyl (C=O) groups excluding carboxylic acids is 1. The van der Waals surface area contributed by atoms with E-state index in [1.54, 1.807) is 6.92 Å². The molecule has 4 heteroatoms. The first kappa shape index (κ1) is 20.1. The number of rotatable bonds is 7. The van der Waals surface area contributed by atoms with Crippen LogP contribution in [0.4, 0.5) is 0 Å². The molecule has 3 fully saturated rings. The van der Waals surface area contributed by atoms with Crippen molar-refractivity contribution in [1.29, 1.82) is 0 Å². The number of ketones is 1. The zero-order valence-corrected chi connectivity index (χ0v) is 17.5. The van der Waals surface area contributed by atoms with Crippen LogP contribution in [-0.2, 0) is 25.6 Å². The van der Waals surface area contributed by atoms with Crippen molar-refractivity contribution in [2.45, 2.75) is 77.3 Å². The summed E-state index contributed by atoms with van der Waals surface area (Å²) >= 11 is 0. The number of hydrogen-bond donors (Lipinski definition) is 0. The van der Waals surface area contributed by atoms with Gasteiger partial charge in [-0.25, -0.2) is 0 Å². The molecular weight excluding hydrogens is 352 g/mol. The third-order valence-electron chi connectivity index (χ3n) is 7.47. The van der Waals surface area contributed by atoms with Crippen molar-refractivity contribution in [3.8, 4) is 0 Å². The van der Waals surface area contributed by atoms with Gasteiger partial charge < -0.3 is 14.2 Å². The highest BCUT2D eigenvalue weighted by Crippen LogP contribution is 2.62. The van der Waals surface area contributed by atoms with Gasteiger partial charge in [-0.15, -0.1) is 0 Å². The van der Waals surface area contributed by atoms with Crippen LogP contribution in [0.5, 0.6) is 0 Å². The molecule has 0 N–H and O–H groups in total. The number of benzene rings is 1. The summed E-state index contributed by atoms with van der Waals surface area (Å²) in [5.74, 6) is 0.752. The molecule has 0 radical (unpaired) electrons. The zero-order valence-electron chi connectivity index (χ0n) is 17.5. The van der Waals surface area contributed by atoms with Gasteiger partial charge in [0.2, 0.25) is 0 Å². The molecule has 0 amide bonds. The van der Waals surface area contributed by atoms with Crippen LogP contribution >= 0.6 is 0 Å². The predicted octanol–water partition coefficient (Wildman–Crippen LogP) is 4.90. The zero-order chi connectivity index (χ0) is 19.8. The predicted molar refractivity (Wildman–Crippen MR) is 108 cm³/mol. The largest absolute Gasteiger partial charge is 0.377 e. The maximum atomic E-state index is 12.7. The minimum atomic E-state index is -0.500. The first-order chi connectivity index (χ1) is 13.4. The summed E-state index contributed by atoms with van der Waals surface area (Å²) in [5.41, 5.74) is 0.884. The van der Waals surface area contributed by atoms with Gasteiger partial charge in [-0.2, -0.15) is 0 Å². The molecule has 28 heavy (non-hydrogen) atoms. The summed E-state index contributed by atoms with van der Waals surface area (Å²) < 4.78 is 18.2. The molecule has 1 spiro atoms. The van der Waals surface area contributed by atoms with E-state index in [0.717, 1.165) is 45.1 Å². The molecule has 2 saturated carbocycles. The number of fused-ring (bicyclic) bond motifs is 3. The Kier molecular flexibility index (Phi) is 5.41. The number of hydrogen-bond acceptors (Lipinski definition) is 4. The smallest absolute Gasteiger partial charge is 0.163 e. The molecule has 154 valence electrons. The van der Waals surface area contributed by atoms with Crippen LogP contribution < -0.4 is 0 Å². The van der Waals surface area contributed by atoms with Crippen LogP contribution in [0.3, 0.4) is 0 Å². The van der Waals surface area contributed by atoms with Gasteiger partial charge in [-0.05, 0) is 76.7 Å². The molecule has 3 aliphatic rings. The average Bonchev–Trinajstić information content (AvgIpc) is 3.16.